The smallest absolute Gasteiger partial charge is 0.136 e. The monoisotopic (exact) mass is 228 g/mol. The van der Waals surface area contributed by atoms with Gasteiger partial charge in [-0.2, -0.15) is 0 Å². The summed E-state index contributed by atoms with van der Waals surface area (Å²) < 4.78 is 10.3. The van der Waals surface area contributed by atoms with Crippen LogP contribution in [0, 0.1) is 5.92 Å². The van der Waals surface area contributed by atoms with Crippen LogP contribution in [0.4, 0.5) is 0 Å². The van der Waals surface area contributed by atoms with Crippen molar-refractivity contribution >= 4 is 5.78 Å². The summed E-state index contributed by atoms with van der Waals surface area (Å²) in [6.07, 6.45) is 7.24. The molecule has 0 saturated heterocycles. The van der Waals surface area contributed by atoms with Gasteiger partial charge in [0, 0.05) is 39.3 Å². The molecule has 0 aromatic rings. The molecule has 0 aromatic heterocycles. The van der Waals surface area contributed by atoms with Crippen LogP contribution in [-0.4, -0.2) is 32.7 Å². The van der Waals surface area contributed by atoms with E-state index in [0.29, 0.717) is 24.7 Å². The minimum absolute atomic E-state index is 0.369. The van der Waals surface area contributed by atoms with Gasteiger partial charge in [-0.15, -0.1) is 0 Å². The second-order valence-corrected chi connectivity index (χ2v) is 4.51. The van der Waals surface area contributed by atoms with E-state index >= 15 is 0 Å². The molecule has 0 unspecified atom stereocenters. The minimum Gasteiger partial charge on any atom is -0.385 e. The van der Waals surface area contributed by atoms with Gasteiger partial charge in [-0.1, -0.05) is 12.8 Å². The molecule has 1 rings (SSSR count). The maximum atomic E-state index is 11.7. The molecule has 0 N–H and O–H groups in total. The Hall–Kier alpha value is -0.410. The molecule has 0 bridgehead atoms. The van der Waals surface area contributed by atoms with Gasteiger partial charge in [-0.05, 0) is 25.7 Å². The lowest BCUT2D eigenvalue weighted by Gasteiger charge is -2.07. The number of hydrogen-bond acceptors (Lipinski definition) is 3. The van der Waals surface area contributed by atoms with Crippen LogP contribution in [0.2, 0.25) is 0 Å². The van der Waals surface area contributed by atoms with Gasteiger partial charge in [0.2, 0.25) is 0 Å². The van der Waals surface area contributed by atoms with Crippen molar-refractivity contribution in [2.75, 3.05) is 26.9 Å². The van der Waals surface area contributed by atoms with E-state index in [-0.39, 0.29) is 0 Å². The van der Waals surface area contributed by atoms with E-state index in [1.54, 1.807) is 7.11 Å². The zero-order valence-corrected chi connectivity index (χ0v) is 10.4. The summed E-state index contributed by atoms with van der Waals surface area (Å²) in [5.41, 5.74) is 0. The lowest BCUT2D eigenvalue weighted by atomic mass is 9.99. The van der Waals surface area contributed by atoms with Crippen LogP contribution in [0.25, 0.3) is 0 Å². The van der Waals surface area contributed by atoms with Gasteiger partial charge >= 0.3 is 0 Å². The van der Waals surface area contributed by atoms with Crippen molar-refractivity contribution in [3.05, 3.63) is 0 Å². The largest absolute Gasteiger partial charge is 0.385 e. The van der Waals surface area contributed by atoms with Crippen molar-refractivity contribution in [2.45, 2.75) is 44.9 Å². The molecular weight excluding hydrogens is 204 g/mol. The number of rotatable bonds is 9. The third-order valence-electron chi connectivity index (χ3n) is 3.16. The van der Waals surface area contributed by atoms with E-state index in [4.69, 9.17) is 9.47 Å². The molecule has 1 aliphatic carbocycles. The Morgan fingerprint density at radius 2 is 1.81 bits per heavy atom. The second-order valence-electron chi connectivity index (χ2n) is 4.51. The molecule has 1 fully saturated rings. The second kappa shape index (κ2) is 8.71. The molecule has 3 heteroatoms. The van der Waals surface area contributed by atoms with Gasteiger partial charge in [0.15, 0.2) is 0 Å². The third-order valence-corrected chi connectivity index (χ3v) is 3.16. The summed E-state index contributed by atoms with van der Waals surface area (Å²) in [4.78, 5) is 11.7. The van der Waals surface area contributed by atoms with E-state index in [0.717, 1.165) is 38.9 Å². The molecule has 0 aliphatic heterocycles. The first-order chi connectivity index (χ1) is 7.84. The number of carbonyl (C=O) groups is 1. The van der Waals surface area contributed by atoms with Crippen molar-refractivity contribution in [3.63, 3.8) is 0 Å². The Balaban J connectivity index is 1.88. The van der Waals surface area contributed by atoms with E-state index in [1.807, 2.05) is 0 Å². The van der Waals surface area contributed by atoms with Crippen molar-refractivity contribution in [3.8, 4) is 0 Å². The minimum atomic E-state index is 0.369. The summed E-state index contributed by atoms with van der Waals surface area (Å²) in [6, 6.07) is 0. The average molecular weight is 228 g/mol. The van der Waals surface area contributed by atoms with Crippen LogP contribution >= 0.6 is 0 Å². The fraction of sp³-hybridized carbons (Fsp3) is 0.923. The summed E-state index contributed by atoms with van der Waals surface area (Å²) >= 11 is 0. The molecule has 0 spiro atoms. The molecular formula is C13H24O3. The lowest BCUT2D eigenvalue weighted by Crippen LogP contribution is -2.11. The highest BCUT2D eigenvalue weighted by Gasteiger charge is 2.21. The van der Waals surface area contributed by atoms with Crippen LogP contribution in [-0.2, 0) is 14.3 Å². The van der Waals surface area contributed by atoms with E-state index < -0.39 is 0 Å². The topological polar surface area (TPSA) is 35.5 Å². The first kappa shape index (κ1) is 13.7. The fourth-order valence-electron chi connectivity index (χ4n) is 2.21. The highest BCUT2D eigenvalue weighted by molar-refractivity contribution is 5.81. The molecule has 0 aromatic carbocycles. The van der Waals surface area contributed by atoms with Crippen molar-refractivity contribution in [1.29, 1.82) is 0 Å². The van der Waals surface area contributed by atoms with Crippen molar-refractivity contribution < 1.29 is 14.3 Å². The summed E-state index contributed by atoms with van der Waals surface area (Å²) in [7, 11) is 1.69. The molecule has 1 aliphatic rings. The number of carbonyl (C=O) groups excluding carboxylic acids is 1. The van der Waals surface area contributed by atoms with E-state index in [2.05, 4.69) is 0 Å². The maximum Gasteiger partial charge on any atom is 0.136 e. The third kappa shape index (κ3) is 5.61. The van der Waals surface area contributed by atoms with Gasteiger partial charge in [-0.3, -0.25) is 4.79 Å². The maximum absolute atomic E-state index is 11.7. The molecule has 94 valence electrons. The SMILES string of the molecule is COCCCOCCCC(=O)C1CCCC1. The first-order valence-corrected chi connectivity index (χ1v) is 6.44. The van der Waals surface area contributed by atoms with Crippen molar-refractivity contribution in [2.24, 2.45) is 5.92 Å². The van der Waals surface area contributed by atoms with Gasteiger partial charge in [0.1, 0.15) is 5.78 Å². The summed E-state index contributed by atoms with van der Waals surface area (Å²) in [5, 5.41) is 0. The molecule has 0 heterocycles. The van der Waals surface area contributed by atoms with Crippen LogP contribution in [0.1, 0.15) is 44.9 Å². The van der Waals surface area contributed by atoms with Gasteiger partial charge in [0.25, 0.3) is 0 Å². The number of ketones is 1. The Morgan fingerprint density at radius 3 is 2.50 bits per heavy atom. The highest BCUT2D eigenvalue weighted by Crippen LogP contribution is 2.26. The highest BCUT2D eigenvalue weighted by atomic mass is 16.5. The summed E-state index contributed by atoms with van der Waals surface area (Å²) in [5.74, 6) is 0.825. The van der Waals surface area contributed by atoms with Gasteiger partial charge in [-0.25, -0.2) is 0 Å². The van der Waals surface area contributed by atoms with Gasteiger partial charge in [0.05, 0.1) is 0 Å². The zero-order valence-electron chi connectivity index (χ0n) is 10.4. The average Bonchev–Trinajstić information content (AvgIpc) is 2.81. The standard InChI is InChI=1S/C13H24O3/c1-15-9-5-11-16-10-4-8-13(14)12-6-2-3-7-12/h12H,2-11H2,1H3. The van der Waals surface area contributed by atoms with Crippen LogP contribution in [0.15, 0.2) is 0 Å². The first-order valence-electron chi connectivity index (χ1n) is 6.44. The molecule has 3 nitrogen and oxygen atoms in total. The number of Topliss-reactive ketones (excluding diaryl/α,β-unsaturated/α-hetero) is 1. The predicted octanol–water partition coefficient (Wildman–Crippen LogP) is 2.58. The normalized spacial score (nSPS) is 16.8. The van der Waals surface area contributed by atoms with Crippen molar-refractivity contribution in [1.82, 2.24) is 0 Å². The lowest BCUT2D eigenvalue weighted by molar-refractivity contribution is -0.123. The van der Waals surface area contributed by atoms with Crippen LogP contribution < -0.4 is 0 Å². The molecule has 0 amide bonds. The Morgan fingerprint density at radius 1 is 1.12 bits per heavy atom. The molecule has 0 atom stereocenters. The quantitative estimate of drug-likeness (QED) is 0.569. The number of methoxy groups -OCH3 is 1. The van der Waals surface area contributed by atoms with Gasteiger partial charge < -0.3 is 9.47 Å². The Kier molecular flexibility index (Phi) is 7.43. The summed E-state index contributed by atoms with van der Waals surface area (Å²) in [6.45, 7) is 2.20. The van der Waals surface area contributed by atoms with Crippen LogP contribution in [0.3, 0.4) is 0 Å². The fourth-order valence-corrected chi connectivity index (χ4v) is 2.21. The zero-order chi connectivity index (χ0) is 11.6. The van der Waals surface area contributed by atoms with Crippen LogP contribution in [0.5, 0.6) is 0 Å². The number of hydrogen-bond donors (Lipinski definition) is 0. The Labute approximate surface area is 98.5 Å². The van der Waals surface area contributed by atoms with E-state index in [9.17, 15) is 4.79 Å². The van der Waals surface area contributed by atoms with E-state index in [1.165, 1.54) is 12.8 Å². The molecule has 0 radical (unpaired) electrons. The number of ether oxygens (including phenoxy) is 2. The molecule has 1 saturated carbocycles. The predicted molar refractivity (Wildman–Crippen MR) is 63.5 cm³/mol. The molecule has 16 heavy (non-hydrogen) atoms. The Bertz CT molecular complexity index is 186.